The van der Waals surface area contributed by atoms with E-state index in [0.717, 1.165) is 28.0 Å². The summed E-state index contributed by atoms with van der Waals surface area (Å²) in [6.45, 7) is 7.28. The van der Waals surface area contributed by atoms with Gasteiger partial charge in [-0.05, 0) is 45.2 Å². The zero-order valence-corrected chi connectivity index (χ0v) is 21.2. The van der Waals surface area contributed by atoms with Gasteiger partial charge in [-0.15, -0.1) is 29.1 Å². The van der Waals surface area contributed by atoms with Crippen LogP contribution < -0.4 is 0 Å². The van der Waals surface area contributed by atoms with Crippen LogP contribution in [0.1, 0.15) is 31.7 Å². The maximum Gasteiger partial charge on any atom is 0.0539 e. The van der Waals surface area contributed by atoms with E-state index in [9.17, 15) is 0 Å². The van der Waals surface area contributed by atoms with Gasteiger partial charge in [0.25, 0.3) is 0 Å². The summed E-state index contributed by atoms with van der Waals surface area (Å²) in [4.78, 5) is 9.12. The summed E-state index contributed by atoms with van der Waals surface area (Å²) >= 11 is 0. The van der Waals surface area contributed by atoms with Crippen molar-refractivity contribution < 1.29 is 30.3 Å². The molecular formula is C27H29IrN2O2-. The molecule has 3 aromatic carbocycles. The predicted octanol–water partition coefficient (Wildman–Crippen LogP) is 5.52. The van der Waals surface area contributed by atoms with Gasteiger partial charge in [0.1, 0.15) is 0 Å². The van der Waals surface area contributed by atoms with Crippen molar-refractivity contribution in [2.24, 2.45) is 0 Å². The number of aryl methyl sites for hydroxylation is 2. The molecule has 169 valence electrons. The normalized spacial score (nSPS) is 12.3. The summed E-state index contributed by atoms with van der Waals surface area (Å²) < 4.78 is 0. The van der Waals surface area contributed by atoms with E-state index in [1.54, 1.807) is 13.8 Å². The number of hydrogen-bond donors (Lipinski definition) is 2. The van der Waals surface area contributed by atoms with Crippen LogP contribution >= 0.6 is 0 Å². The van der Waals surface area contributed by atoms with E-state index in [0.29, 0.717) is 6.42 Å². The quantitative estimate of drug-likeness (QED) is 0.301. The molecule has 2 unspecified atom stereocenters. The van der Waals surface area contributed by atoms with Gasteiger partial charge >= 0.3 is 0 Å². The first-order valence-corrected chi connectivity index (χ1v) is 10.5. The Balaban J connectivity index is 0.000000398. The zero-order chi connectivity index (χ0) is 22.4. The van der Waals surface area contributed by atoms with Crippen LogP contribution in [0.5, 0.6) is 0 Å². The standard InChI is InChI=1S/C22H17N2.C5H12O2.Ir/c1-15-14-23-22(16(2)24-15)21-10-6-9-19-13-18(11-12-20(19)21)17-7-4-3-5-8-17;1-4(6)3-5(2)7;/h3-9,11-14H,1-2H3;4-7H,3H2,1-2H3;/q-1;;. The fourth-order valence-corrected chi connectivity index (χ4v) is 3.56. The van der Waals surface area contributed by atoms with E-state index in [1.807, 2.05) is 32.2 Å². The summed E-state index contributed by atoms with van der Waals surface area (Å²) in [6.07, 6.45) is 1.54. The van der Waals surface area contributed by atoms with Crippen LogP contribution in [0.2, 0.25) is 0 Å². The van der Waals surface area contributed by atoms with Gasteiger partial charge in [-0.1, -0.05) is 53.9 Å². The summed E-state index contributed by atoms with van der Waals surface area (Å²) in [5.41, 5.74) is 6.22. The van der Waals surface area contributed by atoms with Gasteiger partial charge in [0, 0.05) is 37.7 Å². The molecule has 0 fully saturated rings. The van der Waals surface area contributed by atoms with Crippen LogP contribution in [0.4, 0.5) is 0 Å². The van der Waals surface area contributed by atoms with Crippen LogP contribution in [0.25, 0.3) is 33.2 Å². The van der Waals surface area contributed by atoms with Gasteiger partial charge in [-0.3, -0.25) is 4.98 Å². The first-order chi connectivity index (χ1) is 14.8. The zero-order valence-electron chi connectivity index (χ0n) is 18.8. The van der Waals surface area contributed by atoms with Crippen LogP contribution in [-0.2, 0) is 20.1 Å². The number of aliphatic hydroxyl groups excluding tert-OH is 2. The molecule has 0 aliphatic carbocycles. The molecule has 4 aromatic rings. The number of nitrogens with zero attached hydrogens (tertiary/aromatic N) is 2. The molecule has 0 saturated heterocycles. The van der Waals surface area contributed by atoms with Gasteiger partial charge in [0.2, 0.25) is 0 Å². The molecule has 0 aliphatic rings. The Morgan fingerprint density at radius 2 is 1.59 bits per heavy atom. The molecule has 1 aromatic heterocycles. The second kappa shape index (κ2) is 12.0. The minimum atomic E-state index is -0.375. The molecule has 4 rings (SSSR count). The van der Waals surface area contributed by atoms with Crippen molar-refractivity contribution in [1.29, 1.82) is 0 Å². The Labute approximate surface area is 203 Å². The average Bonchev–Trinajstić information content (AvgIpc) is 2.73. The molecular weight excluding hydrogens is 577 g/mol. The third kappa shape index (κ3) is 6.78. The molecule has 5 heteroatoms. The minimum Gasteiger partial charge on any atom is -0.393 e. The Morgan fingerprint density at radius 1 is 0.906 bits per heavy atom. The van der Waals surface area contributed by atoms with E-state index in [4.69, 9.17) is 10.2 Å². The maximum atomic E-state index is 8.56. The van der Waals surface area contributed by atoms with Crippen molar-refractivity contribution in [3.8, 4) is 22.4 Å². The smallest absolute Gasteiger partial charge is 0.0539 e. The molecule has 32 heavy (non-hydrogen) atoms. The third-order valence-electron chi connectivity index (χ3n) is 4.90. The number of aliphatic hydroxyl groups is 2. The van der Waals surface area contributed by atoms with Crippen molar-refractivity contribution in [2.45, 2.75) is 46.3 Å². The summed E-state index contributed by atoms with van der Waals surface area (Å²) in [6, 6.07) is 24.4. The monoisotopic (exact) mass is 606 g/mol. The van der Waals surface area contributed by atoms with Crippen molar-refractivity contribution in [3.63, 3.8) is 0 Å². The van der Waals surface area contributed by atoms with Gasteiger partial charge in [-0.2, -0.15) is 0 Å². The summed E-state index contributed by atoms with van der Waals surface area (Å²) in [7, 11) is 0. The SMILES string of the molecule is CC(O)CC(C)O.Cc1cnc(-c2[c-]ccc3cc(-c4ccccc4)ccc23)c(C)n1.[Ir]. The predicted molar refractivity (Wildman–Crippen MR) is 127 cm³/mol. The van der Waals surface area contributed by atoms with Gasteiger partial charge in [0.05, 0.1) is 17.9 Å². The second-order valence-electron chi connectivity index (χ2n) is 7.90. The van der Waals surface area contributed by atoms with Crippen LogP contribution in [0.3, 0.4) is 0 Å². The minimum absolute atomic E-state index is 0. The Morgan fingerprint density at radius 3 is 2.19 bits per heavy atom. The number of aromatic nitrogens is 2. The van der Waals surface area contributed by atoms with Gasteiger partial charge < -0.3 is 15.2 Å². The molecule has 1 heterocycles. The average molecular weight is 606 g/mol. The molecule has 2 N–H and O–H groups in total. The fourth-order valence-electron chi connectivity index (χ4n) is 3.56. The van der Waals surface area contributed by atoms with E-state index in [1.165, 1.54) is 16.5 Å². The molecule has 2 atom stereocenters. The van der Waals surface area contributed by atoms with Crippen LogP contribution in [0.15, 0.2) is 66.9 Å². The largest absolute Gasteiger partial charge is 0.393 e. The molecule has 0 amide bonds. The Hall–Kier alpha value is -2.43. The summed E-state index contributed by atoms with van der Waals surface area (Å²) in [5.74, 6) is 0. The van der Waals surface area contributed by atoms with E-state index in [-0.39, 0.29) is 32.3 Å². The Bertz CT molecular complexity index is 1140. The van der Waals surface area contributed by atoms with Crippen LogP contribution in [-0.4, -0.2) is 32.4 Å². The molecule has 0 aliphatic heterocycles. The van der Waals surface area contributed by atoms with E-state index >= 15 is 0 Å². The maximum absolute atomic E-state index is 8.56. The first-order valence-electron chi connectivity index (χ1n) is 10.5. The first kappa shape index (κ1) is 25.8. The number of benzene rings is 3. The van der Waals surface area contributed by atoms with E-state index in [2.05, 4.69) is 64.6 Å². The molecule has 4 nitrogen and oxygen atoms in total. The summed E-state index contributed by atoms with van der Waals surface area (Å²) in [5, 5.41) is 19.5. The van der Waals surface area contributed by atoms with Crippen molar-refractivity contribution in [1.82, 2.24) is 9.97 Å². The topological polar surface area (TPSA) is 66.2 Å². The number of rotatable bonds is 4. The molecule has 0 saturated carbocycles. The van der Waals surface area contributed by atoms with Crippen LogP contribution in [0, 0.1) is 19.9 Å². The van der Waals surface area contributed by atoms with Gasteiger partial charge in [-0.25, -0.2) is 0 Å². The number of fused-ring (bicyclic) bond motifs is 1. The van der Waals surface area contributed by atoms with Crippen molar-refractivity contribution in [2.75, 3.05) is 0 Å². The second-order valence-corrected chi connectivity index (χ2v) is 7.90. The van der Waals surface area contributed by atoms with Crippen molar-refractivity contribution >= 4 is 10.8 Å². The third-order valence-corrected chi connectivity index (χ3v) is 4.90. The molecule has 0 bridgehead atoms. The molecule has 0 spiro atoms. The fraction of sp³-hybridized carbons (Fsp3) is 0.259. The van der Waals surface area contributed by atoms with Crippen molar-refractivity contribution in [3.05, 3.63) is 84.3 Å². The Kier molecular flexibility index (Phi) is 9.67. The van der Waals surface area contributed by atoms with E-state index < -0.39 is 0 Å². The van der Waals surface area contributed by atoms with Gasteiger partial charge in [0.15, 0.2) is 0 Å². The molecule has 1 radical (unpaired) electrons. The number of hydrogen-bond acceptors (Lipinski definition) is 4.